The minimum atomic E-state index is -0.300. The zero-order valence-electron chi connectivity index (χ0n) is 19.1. The Balaban J connectivity index is 1.33. The number of thiophene rings is 1. The van der Waals surface area contributed by atoms with E-state index in [4.69, 9.17) is 20.8 Å². The third-order valence-electron chi connectivity index (χ3n) is 5.17. The summed E-state index contributed by atoms with van der Waals surface area (Å²) in [4.78, 5) is 11.9. The quantitative estimate of drug-likeness (QED) is 0.240. The summed E-state index contributed by atoms with van der Waals surface area (Å²) in [6.07, 6.45) is 1.53. The highest BCUT2D eigenvalue weighted by atomic mass is 35.5. The lowest BCUT2D eigenvalue weighted by Gasteiger charge is -2.11. The van der Waals surface area contributed by atoms with Gasteiger partial charge in [-0.15, -0.1) is 11.3 Å². The molecule has 3 aromatic heterocycles. The number of rotatable bonds is 8. The molecule has 0 aliphatic heterocycles. The molecule has 0 unspecified atom stereocenters. The van der Waals surface area contributed by atoms with Crippen LogP contribution in [0.5, 0.6) is 5.75 Å². The first-order chi connectivity index (χ1) is 16.9. The summed E-state index contributed by atoms with van der Waals surface area (Å²) in [5, 5.41) is 3.76. The molecule has 0 amide bonds. The Labute approximate surface area is 211 Å². The number of nitrogens with one attached hydrogen (secondary N) is 1. The molecule has 2 aromatic carbocycles. The van der Waals surface area contributed by atoms with Crippen LogP contribution in [0.3, 0.4) is 0 Å². The molecule has 0 saturated heterocycles. The molecule has 0 saturated carbocycles. The van der Waals surface area contributed by atoms with Crippen LogP contribution in [0.15, 0.2) is 71.4 Å². The van der Waals surface area contributed by atoms with E-state index in [1.165, 1.54) is 18.5 Å². The van der Waals surface area contributed by atoms with Gasteiger partial charge >= 0.3 is 0 Å². The minimum Gasteiger partial charge on any atom is -0.487 e. The van der Waals surface area contributed by atoms with Crippen LogP contribution in [0.25, 0.3) is 20.9 Å². The number of nitrogens with zero attached hydrogens (tertiary/aromatic N) is 3. The fourth-order valence-corrected chi connectivity index (χ4v) is 4.84. The maximum Gasteiger partial charge on any atom is 0.151 e. The second-order valence-corrected chi connectivity index (χ2v) is 9.70. The molecule has 0 aliphatic rings. The van der Waals surface area contributed by atoms with Crippen molar-refractivity contribution >= 4 is 44.7 Å². The van der Waals surface area contributed by atoms with Gasteiger partial charge in [0.2, 0.25) is 0 Å². The highest BCUT2D eigenvalue weighted by Crippen LogP contribution is 2.38. The Morgan fingerprint density at radius 2 is 1.97 bits per heavy atom. The molecule has 9 heteroatoms. The fourth-order valence-electron chi connectivity index (χ4n) is 3.59. The molecule has 0 aliphatic carbocycles. The number of benzene rings is 2. The molecule has 6 nitrogen and oxygen atoms in total. The monoisotopic (exact) mass is 508 g/mol. The van der Waals surface area contributed by atoms with Gasteiger partial charge in [0.05, 0.1) is 26.7 Å². The second kappa shape index (κ2) is 10.0. The first-order valence-corrected chi connectivity index (χ1v) is 12.1. The summed E-state index contributed by atoms with van der Waals surface area (Å²) in [6, 6.07) is 17.7. The Morgan fingerprint density at radius 1 is 1.09 bits per heavy atom. The lowest BCUT2D eigenvalue weighted by atomic mass is 10.2. The normalized spacial score (nSPS) is 11.3. The van der Waals surface area contributed by atoms with Crippen molar-refractivity contribution in [1.29, 1.82) is 0 Å². The number of anilines is 2. The molecular weight excluding hydrogens is 487 g/mol. The van der Waals surface area contributed by atoms with E-state index in [2.05, 4.69) is 20.2 Å². The van der Waals surface area contributed by atoms with Gasteiger partial charge in [0.1, 0.15) is 36.0 Å². The molecule has 0 fully saturated rings. The molecule has 35 heavy (non-hydrogen) atoms. The smallest absolute Gasteiger partial charge is 0.151 e. The topological polar surface area (TPSA) is 63.4 Å². The van der Waals surface area contributed by atoms with Gasteiger partial charge in [-0.05, 0) is 68.2 Å². The predicted octanol–water partition coefficient (Wildman–Crippen LogP) is 7.13. The number of ether oxygens (including phenoxy) is 1. The van der Waals surface area contributed by atoms with Gasteiger partial charge in [0, 0.05) is 5.69 Å². The average molecular weight is 509 g/mol. The van der Waals surface area contributed by atoms with Crippen LogP contribution in [-0.4, -0.2) is 29.0 Å². The average Bonchev–Trinajstić information content (AvgIpc) is 3.46. The molecule has 5 aromatic rings. The molecule has 178 valence electrons. The van der Waals surface area contributed by atoms with Crippen molar-refractivity contribution in [2.45, 2.75) is 13.2 Å². The first-order valence-electron chi connectivity index (χ1n) is 10.9. The van der Waals surface area contributed by atoms with Gasteiger partial charge in [0.15, 0.2) is 5.82 Å². The first kappa shape index (κ1) is 23.3. The van der Waals surface area contributed by atoms with Crippen LogP contribution in [0.1, 0.15) is 11.3 Å². The van der Waals surface area contributed by atoms with Gasteiger partial charge in [-0.3, -0.25) is 0 Å². The summed E-state index contributed by atoms with van der Waals surface area (Å²) in [6.45, 7) is 0.956. The third kappa shape index (κ3) is 5.45. The largest absolute Gasteiger partial charge is 0.487 e. The molecule has 0 bridgehead atoms. The number of furan rings is 1. The molecule has 0 radical (unpaired) electrons. The Bertz CT molecular complexity index is 1480. The van der Waals surface area contributed by atoms with E-state index < -0.39 is 0 Å². The summed E-state index contributed by atoms with van der Waals surface area (Å²) in [5.74, 6) is 2.60. The van der Waals surface area contributed by atoms with Crippen LogP contribution in [-0.2, 0) is 13.2 Å². The van der Waals surface area contributed by atoms with Gasteiger partial charge in [0.25, 0.3) is 0 Å². The van der Waals surface area contributed by atoms with Gasteiger partial charge in [-0.1, -0.05) is 23.7 Å². The Kier molecular flexibility index (Phi) is 6.68. The van der Waals surface area contributed by atoms with E-state index in [0.29, 0.717) is 16.6 Å². The summed E-state index contributed by atoms with van der Waals surface area (Å²) in [7, 11) is 4.01. The van der Waals surface area contributed by atoms with Crippen molar-refractivity contribution in [2.24, 2.45) is 0 Å². The van der Waals surface area contributed by atoms with E-state index in [-0.39, 0.29) is 12.4 Å². The molecule has 1 N–H and O–H groups in total. The molecule has 5 rings (SSSR count). The van der Waals surface area contributed by atoms with Crippen LogP contribution in [0.2, 0.25) is 5.02 Å². The fraction of sp³-hybridized carbons (Fsp3) is 0.154. The van der Waals surface area contributed by atoms with Gasteiger partial charge in [-0.25, -0.2) is 14.4 Å². The Morgan fingerprint density at radius 3 is 2.77 bits per heavy atom. The number of aromatic nitrogens is 2. The van der Waals surface area contributed by atoms with Crippen molar-refractivity contribution in [3.05, 3.63) is 89.2 Å². The van der Waals surface area contributed by atoms with Crippen LogP contribution < -0.4 is 10.1 Å². The molecular formula is C26H22ClFN4O2S. The molecule has 0 atom stereocenters. The van der Waals surface area contributed by atoms with E-state index in [0.717, 1.165) is 44.4 Å². The number of fused-ring (bicyclic) bond motifs is 1. The van der Waals surface area contributed by atoms with E-state index in [1.54, 1.807) is 35.6 Å². The SMILES string of the molecule is CN(C)Cc1ccc(-c2cc3ncnc(Nc4ccc(OCc5cccc(F)c5)c(Cl)c4)c3s2)o1. The highest BCUT2D eigenvalue weighted by molar-refractivity contribution is 7.22. The number of hydrogen-bond donors (Lipinski definition) is 1. The maximum atomic E-state index is 13.4. The zero-order valence-corrected chi connectivity index (χ0v) is 20.7. The van der Waals surface area contributed by atoms with Crippen molar-refractivity contribution in [2.75, 3.05) is 19.4 Å². The Hall–Kier alpha value is -3.46. The summed E-state index contributed by atoms with van der Waals surface area (Å²) in [5.41, 5.74) is 2.31. The summed E-state index contributed by atoms with van der Waals surface area (Å²) >= 11 is 8.01. The maximum absolute atomic E-state index is 13.4. The van der Waals surface area contributed by atoms with Gasteiger partial charge in [-0.2, -0.15) is 0 Å². The standard InChI is InChI=1S/C26H22ClFN4O2S/c1-32(2)13-19-7-9-23(34-19)24-12-21-25(35-24)26(30-15-29-21)31-18-6-8-22(20(27)11-18)33-14-16-4-3-5-17(28)10-16/h3-12,15H,13-14H2,1-2H3,(H,29,30,31). The zero-order chi connectivity index (χ0) is 24.4. The van der Waals surface area contributed by atoms with E-state index >= 15 is 0 Å². The second-order valence-electron chi connectivity index (χ2n) is 8.24. The van der Waals surface area contributed by atoms with Gasteiger partial charge < -0.3 is 19.4 Å². The molecule has 3 heterocycles. The molecule has 0 spiro atoms. The van der Waals surface area contributed by atoms with Crippen LogP contribution in [0, 0.1) is 5.82 Å². The third-order valence-corrected chi connectivity index (χ3v) is 6.61. The van der Waals surface area contributed by atoms with Crippen LogP contribution in [0.4, 0.5) is 15.9 Å². The van der Waals surface area contributed by atoms with Crippen LogP contribution >= 0.6 is 22.9 Å². The van der Waals surface area contributed by atoms with Crippen molar-refractivity contribution < 1.29 is 13.5 Å². The minimum absolute atomic E-state index is 0.220. The van der Waals surface area contributed by atoms with E-state index in [1.807, 2.05) is 38.4 Å². The van der Waals surface area contributed by atoms with E-state index in [9.17, 15) is 4.39 Å². The van der Waals surface area contributed by atoms with Crippen molar-refractivity contribution in [1.82, 2.24) is 14.9 Å². The lowest BCUT2D eigenvalue weighted by molar-refractivity contribution is 0.306. The number of hydrogen-bond acceptors (Lipinski definition) is 7. The van der Waals surface area contributed by atoms with Crippen molar-refractivity contribution in [3.8, 4) is 16.4 Å². The highest BCUT2D eigenvalue weighted by Gasteiger charge is 2.14. The van der Waals surface area contributed by atoms with Crippen molar-refractivity contribution in [3.63, 3.8) is 0 Å². The number of halogens is 2. The predicted molar refractivity (Wildman–Crippen MR) is 138 cm³/mol. The summed E-state index contributed by atoms with van der Waals surface area (Å²) < 4.78 is 26.1. The lowest BCUT2D eigenvalue weighted by Crippen LogP contribution is -2.09.